The Hall–Kier alpha value is -1.68. The van der Waals surface area contributed by atoms with Crippen LogP contribution >= 0.6 is 11.6 Å². The number of nitrogens with zero attached hydrogens (tertiary/aromatic N) is 3. The van der Waals surface area contributed by atoms with E-state index in [-0.39, 0.29) is 11.3 Å². The topological polar surface area (TPSA) is 46.1 Å². The lowest BCUT2D eigenvalue weighted by atomic mass is 9.89. The molecule has 3 rings (SSSR count). The zero-order valence-corrected chi connectivity index (χ0v) is 14.6. The second-order valence-corrected chi connectivity index (χ2v) is 7.69. The number of hydrogen-bond donors (Lipinski definition) is 0. The van der Waals surface area contributed by atoms with E-state index in [1.165, 1.54) is 0 Å². The first kappa shape index (κ1) is 16.2. The number of carbonyl (C=O) groups excluding carboxylic acids is 1. The lowest BCUT2D eigenvalue weighted by Gasteiger charge is -2.35. The summed E-state index contributed by atoms with van der Waals surface area (Å²) in [6.45, 7) is 7.53. The summed E-state index contributed by atoms with van der Waals surface area (Å²) in [5, 5.41) is 1.59. The fourth-order valence-corrected chi connectivity index (χ4v) is 3.24. The van der Waals surface area contributed by atoms with Crippen molar-refractivity contribution in [1.29, 1.82) is 0 Å². The van der Waals surface area contributed by atoms with Crippen LogP contribution in [0.2, 0.25) is 5.02 Å². The second-order valence-electron chi connectivity index (χ2n) is 7.25. The Kier molecular flexibility index (Phi) is 4.28. The molecular weight excluding hydrogens is 310 g/mol. The quantitative estimate of drug-likeness (QED) is 0.792. The number of piperidine rings is 1. The molecule has 4 nitrogen and oxygen atoms in total. The number of aromatic nitrogens is 2. The summed E-state index contributed by atoms with van der Waals surface area (Å²) in [6.07, 6.45) is 3.53. The molecular formula is C18H22ClN3O. The van der Waals surface area contributed by atoms with Crippen molar-refractivity contribution in [2.75, 3.05) is 13.1 Å². The van der Waals surface area contributed by atoms with Crippen LogP contribution in [0.25, 0.3) is 11.0 Å². The van der Waals surface area contributed by atoms with E-state index in [0.29, 0.717) is 10.9 Å². The van der Waals surface area contributed by atoms with Gasteiger partial charge in [-0.1, -0.05) is 32.4 Å². The van der Waals surface area contributed by atoms with Gasteiger partial charge in [0.25, 0.3) is 0 Å². The number of likely N-dealkylation sites (tertiary alicyclic amines) is 1. The molecule has 2 aromatic heterocycles. The number of fused-ring (bicyclic) bond motifs is 1. The van der Waals surface area contributed by atoms with Gasteiger partial charge < -0.3 is 4.90 Å². The van der Waals surface area contributed by atoms with Gasteiger partial charge in [0.05, 0.1) is 5.02 Å². The predicted octanol–water partition coefficient (Wildman–Crippen LogP) is 4.04. The van der Waals surface area contributed by atoms with Crippen LogP contribution in [0.15, 0.2) is 24.4 Å². The van der Waals surface area contributed by atoms with E-state index >= 15 is 0 Å². The average Bonchev–Trinajstić information content (AvgIpc) is 2.53. The molecule has 1 amide bonds. The summed E-state index contributed by atoms with van der Waals surface area (Å²) >= 11 is 5.96. The van der Waals surface area contributed by atoms with Crippen molar-refractivity contribution in [1.82, 2.24) is 14.9 Å². The normalized spacial score (nSPS) is 16.8. The molecule has 0 atom stereocenters. The van der Waals surface area contributed by atoms with Gasteiger partial charge in [-0.2, -0.15) is 0 Å². The fraction of sp³-hybridized carbons (Fsp3) is 0.500. The SMILES string of the molecule is CC(C)(C)C(=O)N1CCC(c2ccc3cc(Cl)cnc3n2)CC1. The first-order valence-electron chi connectivity index (χ1n) is 8.06. The first-order chi connectivity index (χ1) is 10.8. The lowest BCUT2D eigenvalue weighted by Crippen LogP contribution is -2.43. The Balaban J connectivity index is 1.73. The molecule has 0 N–H and O–H groups in total. The molecule has 0 aliphatic carbocycles. The smallest absolute Gasteiger partial charge is 0.227 e. The molecule has 23 heavy (non-hydrogen) atoms. The van der Waals surface area contributed by atoms with Crippen LogP contribution in [0.3, 0.4) is 0 Å². The third-order valence-corrected chi connectivity index (χ3v) is 4.58. The summed E-state index contributed by atoms with van der Waals surface area (Å²) in [4.78, 5) is 23.3. The average molecular weight is 332 g/mol. The molecule has 0 aromatic carbocycles. The molecule has 0 radical (unpaired) electrons. The fourth-order valence-electron chi connectivity index (χ4n) is 3.08. The van der Waals surface area contributed by atoms with Gasteiger partial charge in [-0.15, -0.1) is 0 Å². The maximum absolute atomic E-state index is 12.4. The zero-order valence-electron chi connectivity index (χ0n) is 13.8. The van der Waals surface area contributed by atoms with Crippen LogP contribution in [-0.2, 0) is 4.79 Å². The van der Waals surface area contributed by atoms with Crippen molar-refractivity contribution >= 4 is 28.5 Å². The highest BCUT2D eigenvalue weighted by atomic mass is 35.5. The molecule has 2 aromatic rings. The number of carbonyl (C=O) groups is 1. The Morgan fingerprint density at radius 3 is 2.61 bits per heavy atom. The van der Waals surface area contributed by atoms with Gasteiger partial charge in [-0.25, -0.2) is 9.97 Å². The van der Waals surface area contributed by atoms with E-state index in [9.17, 15) is 4.79 Å². The van der Waals surface area contributed by atoms with E-state index in [4.69, 9.17) is 11.6 Å². The van der Waals surface area contributed by atoms with Crippen LogP contribution in [0.1, 0.15) is 45.2 Å². The largest absolute Gasteiger partial charge is 0.342 e. The highest BCUT2D eigenvalue weighted by molar-refractivity contribution is 6.31. The summed E-state index contributed by atoms with van der Waals surface area (Å²) in [6, 6.07) is 5.97. The van der Waals surface area contributed by atoms with E-state index in [1.807, 2.05) is 37.8 Å². The molecule has 122 valence electrons. The maximum atomic E-state index is 12.4. The Labute approximate surface area is 141 Å². The molecule has 1 saturated heterocycles. The minimum Gasteiger partial charge on any atom is -0.342 e. The van der Waals surface area contributed by atoms with Gasteiger partial charge in [0.15, 0.2) is 5.65 Å². The highest BCUT2D eigenvalue weighted by Gasteiger charge is 2.31. The molecule has 1 aliphatic heterocycles. The van der Waals surface area contributed by atoms with Crippen LogP contribution in [0.5, 0.6) is 0 Å². The van der Waals surface area contributed by atoms with Gasteiger partial charge in [-0.3, -0.25) is 4.79 Å². The van der Waals surface area contributed by atoms with Gasteiger partial charge >= 0.3 is 0 Å². The molecule has 0 spiro atoms. The van der Waals surface area contributed by atoms with Crippen LogP contribution < -0.4 is 0 Å². The van der Waals surface area contributed by atoms with Gasteiger partial charge in [0, 0.05) is 41.7 Å². The Morgan fingerprint density at radius 2 is 1.96 bits per heavy atom. The van der Waals surface area contributed by atoms with Crippen LogP contribution in [-0.4, -0.2) is 33.9 Å². The molecule has 1 aliphatic rings. The lowest BCUT2D eigenvalue weighted by molar-refractivity contribution is -0.140. The number of amides is 1. The number of pyridine rings is 2. The van der Waals surface area contributed by atoms with E-state index < -0.39 is 0 Å². The van der Waals surface area contributed by atoms with Crippen LogP contribution in [0.4, 0.5) is 0 Å². The summed E-state index contributed by atoms with van der Waals surface area (Å²) in [5.41, 5.74) is 1.49. The van der Waals surface area contributed by atoms with Crippen molar-refractivity contribution in [3.05, 3.63) is 35.1 Å². The second kappa shape index (κ2) is 6.08. The zero-order chi connectivity index (χ0) is 16.6. The number of halogens is 1. The first-order valence-corrected chi connectivity index (χ1v) is 8.44. The molecule has 0 bridgehead atoms. The number of hydrogen-bond acceptors (Lipinski definition) is 3. The summed E-state index contributed by atoms with van der Waals surface area (Å²) in [5.74, 6) is 0.625. The Morgan fingerprint density at radius 1 is 1.26 bits per heavy atom. The van der Waals surface area contributed by atoms with Gasteiger partial charge in [0.2, 0.25) is 5.91 Å². The minimum atomic E-state index is -0.308. The Bertz CT molecular complexity index is 731. The van der Waals surface area contributed by atoms with Crippen molar-refractivity contribution in [2.24, 2.45) is 5.41 Å². The monoisotopic (exact) mass is 331 g/mol. The van der Waals surface area contributed by atoms with Gasteiger partial charge in [0.1, 0.15) is 0 Å². The third-order valence-electron chi connectivity index (χ3n) is 4.37. The number of rotatable bonds is 1. The molecule has 5 heteroatoms. The standard InChI is InChI=1S/C18H22ClN3O/c1-18(2,3)17(23)22-8-6-12(7-9-22)15-5-4-13-10-14(19)11-20-16(13)21-15/h4-5,10-12H,6-9H2,1-3H3. The van der Waals surface area contributed by atoms with Crippen LogP contribution in [0, 0.1) is 5.41 Å². The summed E-state index contributed by atoms with van der Waals surface area (Å²) < 4.78 is 0. The van der Waals surface area contributed by atoms with E-state index in [2.05, 4.69) is 16.0 Å². The molecule has 0 unspecified atom stereocenters. The van der Waals surface area contributed by atoms with E-state index in [0.717, 1.165) is 42.7 Å². The highest BCUT2D eigenvalue weighted by Crippen LogP contribution is 2.30. The molecule has 1 fully saturated rings. The van der Waals surface area contributed by atoms with Crippen molar-refractivity contribution in [2.45, 2.75) is 39.5 Å². The van der Waals surface area contributed by atoms with Crippen molar-refractivity contribution in [3.8, 4) is 0 Å². The van der Waals surface area contributed by atoms with E-state index in [1.54, 1.807) is 6.20 Å². The predicted molar refractivity (Wildman–Crippen MR) is 92.6 cm³/mol. The third kappa shape index (κ3) is 3.47. The van der Waals surface area contributed by atoms with Gasteiger partial charge in [-0.05, 0) is 31.0 Å². The van der Waals surface area contributed by atoms with Crippen molar-refractivity contribution < 1.29 is 4.79 Å². The maximum Gasteiger partial charge on any atom is 0.227 e. The molecule has 0 saturated carbocycles. The summed E-state index contributed by atoms with van der Waals surface area (Å²) in [7, 11) is 0. The minimum absolute atomic E-state index is 0.235. The van der Waals surface area contributed by atoms with Crippen molar-refractivity contribution in [3.63, 3.8) is 0 Å². The molecule has 3 heterocycles.